The SMILES string of the molecule is C[C@]12CCC(F)CC1CC[C@@H]1[C@H]2CC[C@]2(C)C(O)CC[C@@H]12. The summed E-state index contributed by atoms with van der Waals surface area (Å²) in [5.41, 5.74) is 0.571. The van der Waals surface area contributed by atoms with Gasteiger partial charge in [0, 0.05) is 0 Å². The van der Waals surface area contributed by atoms with E-state index in [1.165, 1.54) is 32.1 Å². The van der Waals surface area contributed by atoms with Crippen LogP contribution in [0.2, 0.25) is 0 Å². The minimum Gasteiger partial charge on any atom is -0.393 e. The number of alkyl halides is 1. The molecule has 1 nitrogen and oxygen atoms in total. The van der Waals surface area contributed by atoms with Crippen molar-refractivity contribution in [1.82, 2.24) is 0 Å². The van der Waals surface area contributed by atoms with Crippen molar-refractivity contribution < 1.29 is 9.50 Å². The number of halogens is 1. The van der Waals surface area contributed by atoms with Crippen LogP contribution in [-0.2, 0) is 0 Å². The summed E-state index contributed by atoms with van der Waals surface area (Å²) >= 11 is 0. The summed E-state index contributed by atoms with van der Waals surface area (Å²) in [6, 6.07) is 0. The monoisotopic (exact) mass is 294 g/mol. The molecule has 0 heterocycles. The van der Waals surface area contributed by atoms with E-state index in [-0.39, 0.29) is 11.5 Å². The van der Waals surface area contributed by atoms with Crippen LogP contribution >= 0.6 is 0 Å². The largest absolute Gasteiger partial charge is 0.393 e. The predicted octanol–water partition coefficient (Wildman–Crippen LogP) is 4.73. The molecule has 4 saturated carbocycles. The molecule has 2 heteroatoms. The molecule has 0 spiro atoms. The van der Waals surface area contributed by atoms with Gasteiger partial charge in [-0.15, -0.1) is 0 Å². The van der Waals surface area contributed by atoms with Crippen LogP contribution in [-0.4, -0.2) is 17.4 Å². The van der Waals surface area contributed by atoms with Crippen molar-refractivity contribution in [3.63, 3.8) is 0 Å². The Hall–Kier alpha value is -0.110. The lowest BCUT2D eigenvalue weighted by molar-refractivity contribution is -0.128. The normalized spacial score (nSPS) is 60.0. The van der Waals surface area contributed by atoms with Gasteiger partial charge in [0.05, 0.1) is 6.10 Å². The quantitative estimate of drug-likeness (QED) is 0.685. The second kappa shape index (κ2) is 4.69. The zero-order chi connectivity index (χ0) is 14.8. The summed E-state index contributed by atoms with van der Waals surface area (Å²) < 4.78 is 13.8. The van der Waals surface area contributed by atoms with Crippen LogP contribution < -0.4 is 0 Å². The molecule has 0 aromatic carbocycles. The third-order valence-corrected chi connectivity index (χ3v) is 8.55. The fourth-order valence-corrected chi connectivity index (χ4v) is 7.18. The van der Waals surface area contributed by atoms with Gasteiger partial charge in [0.1, 0.15) is 6.17 Å². The van der Waals surface area contributed by atoms with Crippen LogP contribution in [0, 0.1) is 34.5 Å². The third-order valence-electron chi connectivity index (χ3n) is 8.55. The van der Waals surface area contributed by atoms with Crippen molar-refractivity contribution in [2.24, 2.45) is 34.5 Å². The predicted molar refractivity (Wildman–Crippen MR) is 82.6 cm³/mol. The zero-order valence-corrected chi connectivity index (χ0v) is 13.7. The Bertz CT molecular complexity index is 424. The number of rotatable bonds is 0. The number of hydrogen-bond acceptors (Lipinski definition) is 1. The van der Waals surface area contributed by atoms with Gasteiger partial charge in [-0.25, -0.2) is 4.39 Å². The van der Waals surface area contributed by atoms with E-state index >= 15 is 0 Å². The number of fused-ring (bicyclic) bond motifs is 5. The first-order valence-corrected chi connectivity index (χ1v) is 9.27. The molecule has 4 rings (SSSR count). The summed E-state index contributed by atoms with van der Waals surface area (Å²) in [7, 11) is 0. The Morgan fingerprint density at radius 2 is 1.57 bits per heavy atom. The zero-order valence-electron chi connectivity index (χ0n) is 13.7. The van der Waals surface area contributed by atoms with Gasteiger partial charge < -0.3 is 5.11 Å². The standard InChI is InChI=1S/C19H31FO/c1-18-9-7-13(20)11-12(18)3-4-14-15-5-6-17(21)19(15,2)10-8-16(14)18/h12-17,21H,3-11H2,1-2H3/t12?,13?,14-,15-,16+,17?,18-,19-/m0/s1. The average molecular weight is 294 g/mol. The topological polar surface area (TPSA) is 20.2 Å². The van der Waals surface area contributed by atoms with Crippen molar-refractivity contribution in [3.05, 3.63) is 0 Å². The van der Waals surface area contributed by atoms with Gasteiger partial charge in [-0.2, -0.15) is 0 Å². The Labute approximate surface area is 128 Å². The van der Waals surface area contributed by atoms with Crippen LogP contribution in [0.5, 0.6) is 0 Å². The van der Waals surface area contributed by atoms with Crippen molar-refractivity contribution >= 4 is 0 Å². The third kappa shape index (κ3) is 1.90. The molecular weight excluding hydrogens is 263 g/mol. The molecule has 3 unspecified atom stereocenters. The van der Waals surface area contributed by atoms with E-state index in [0.717, 1.165) is 43.4 Å². The first-order chi connectivity index (χ1) is 9.95. The lowest BCUT2D eigenvalue weighted by Gasteiger charge is -2.60. The van der Waals surface area contributed by atoms with Gasteiger partial charge in [-0.1, -0.05) is 13.8 Å². The van der Waals surface area contributed by atoms with E-state index in [9.17, 15) is 9.50 Å². The van der Waals surface area contributed by atoms with Crippen LogP contribution in [0.15, 0.2) is 0 Å². The molecule has 4 aliphatic carbocycles. The van der Waals surface area contributed by atoms with Gasteiger partial charge in [0.2, 0.25) is 0 Å². The fourth-order valence-electron chi connectivity index (χ4n) is 7.18. The molecule has 4 fully saturated rings. The summed E-state index contributed by atoms with van der Waals surface area (Å²) in [4.78, 5) is 0. The van der Waals surface area contributed by atoms with Crippen molar-refractivity contribution in [2.45, 2.75) is 83.9 Å². The molecule has 0 radical (unpaired) electrons. The minimum atomic E-state index is -0.540. The Morgan fingerprint density at radius 1 is 0.857 bits per heavy atom. The summed E-state index contributed by atoms with van der Waals surface area (Å²) in [5, 5.41) is 10.5. The molecule has 0 saturated heterocycles. The maximum absolute atomic E-state index is 13.8. The van der Waals surface area contributed by atoms with Gasteiger partial charge >= 0.3 is 0 Å². The Balaban J connectivity index is 1.62. The van der Waals surface area contributed by atoms with Crippen LogP contribution in [0.4, 0.5) is 4.39 Å². The summed E-state index contributed by atoms with van der Waals surface area (Å²) in [5.74, 6) is 2.95. The highest BCUT2D eigenvalue weighted by atomic mass is 19.1. The fraction of sp³-hybridized carbons (Fsp3) is 1.00. The van der Waals surface area contributed by atoms with E-state index in [1.54, 1.807) is 0 Å². The van der Waals surface area contributed by atoms with E-state index in [1.807, 2.05) is 0 Å². The molecule has 120 valence electrons. The molecule has 1 N–H and O–H groups in total. The first kappa shape index (κ1) is 14.5. The molecule has 21 heavy (non-hydrogen) atoms. The second-order valence-corrected chi connectivity index (χ2v) is 9.17. The lowest BCUT2D eigenvalue weighted by Crippen LogP contribution is -2.54. The molecule has 0 bridgehead atoms. The van der Waals surface area contributed by atoms with Crippen molar-refractivity contribution in [1.29, 1.82) is 0 Å². The second-order valence-electron chi connectivity index (χ2n) is 9.17. The van der Waals surface area contributed by atoms with Crippen LogP contribution in [0.1, 0.15) is 71.6 Å². The maximum atomic E-state index is 13.8. The van der Waals surface area contributed by atoms with Gasteiger partial charge in [-0.3, -0.25) is 0 Å². The van der Waals surface area contributed by atoms with Crippen LogP contribution in [0.3, 0.4) is 0 Å². The molecule has 0 amide bonds. The number of hydrogen-bond donors (Lipinski definition) is 1. The van der Waals surface area contributed by atoms with E-state index in [0.29, 0.717) is 11.3 Å². The van der Waals surface area contributed by atoms with Gasteiger partial charge in [0.25, 0.3) is 0 Å². The van der Waals surface area contributed by atoms with E-state index < -0.39 is 6.17 Å². The molecule has 0 aromatic heterocycles. The highest BCUT2D eigenvalue weighted by molar-refractivity contribution is 5.09. The Kier molecular flexibility index (Phi) is 3.24. The molecule has 0 aromatic rings. The Morgan fingerprint density at radius 3 is 2.38 bits per heavy atom. The molecule has 0 aliphatic heterocycles. The van der Waals surface area contributed by atoms with Crippen molar-refractivity contribution in [2.75, 3.05) is 0 Å². The van der Waals surface area contributed by atoms with E-state index in [2.05, 4.69) is 13.8 Å². The van der Waals surface area contributed by atoms with E-state index in [4.69, 9.17) is 0 Å². The summed E-state index contributed by atoms with van der Waals surface area (Å²) in [6.45, 7) is 4.83. The average Bonchev–Trinajstić information content (AvgIpc) is 2.76. The first-order valence-electron chi connectivity index (χ1n) is 9.27. The molecule has 8 atom stereocenters. The highest BCUT2D eigenvalue weighted by Gasteiger charge is 2.60. The smallest absolute Gasteiger partial charge is 0.100 e. The summed E-state index contributed by atoms with van der Waals surface area (Å²) in [6.07, 6.45) is 9.35. The molecular formula is C19H31FO. The number of aliphatic hydroxyl groups is 1. The minimum absolute atomic E-state index is 0.0736. The van der Waals surface area contributed by atoms with Gasteiger partial charge in [-0.05, 0) is 92.3 Å². The molecule has 4 aliphatic rings. The highest BCUT2D eigenvalue weighted by Crippen LogP contribution is 2.66. The van der Waals surface area contributed by atoms with Crippen LogP contribution in [0.25, 0.3) is 0 Å². The van der Waals surface area contributed by atoms with Gasteiger partial charge in [0.15, 0.2) is 0 Å². The maximum Gasteiger partial charge on any atom is 0.100 e. The number of aliphatic hydroxyl groups excluding tert-OH is 1. The lowest BCUT2D eigenvalue weighted by atomic mass is 9.45. The van der Waals surface area contributed by atoms with Crippen molar-refractivity contribution in [3.8, 4) is 0 Å².